The van der Waals surface area contributed by atoms with Crippen LogP contribution in [0.15, 0.2) is 277 Å². The van der Waals surface area contributed by atoms with Gasteiger partial charge in [-0.25, -0.2) is 83.2 Å². The van der Waals surface area contributed by atoms with Crippen molar-refractivity contribution in [2.75, 3.05) is 0 Å². The Morgan fingerprint density at radius 3 is 1.09 bits per heavy atom. The van der Waals surface area contributed by atoms with Gasteiger partial charge in [-0.1, -0.05) is 109 Å². The predicted octanol–water partition coefficient (Wildman–Crippen LogP) is 10.2. The molecule has 0 unspecified atom stereocenters. The molecule has 10 aromatic carbocycles. The van der Waals surface area contributed by atoms with Crippen LogP contribution in [0.1, 0.15) is 78.3 Å². The average Bonchev–Trinajstić information content (AvgIpc) is 0.807. The van der Waals surface area contributed by atoms with Gasteiger partial charge in [0.05, 0.1) is 86.8 Å². The molecule has 0 aromatic heterocycles. The minimum absolute atomic E-state index is 0. The Balaban J connectivity index is -0.00000143. The van der Waals surface area contributed by atoms with E-state index in [2.05, 4.69) is 30.5 Å². The van der Waals surface area contributed by atoms with E-state index < -0.39 is 201 Å². The van der Waals surface area contributed by atoms with E-state index in [1.807, 2.05) is 24.3 Å². The van der Waals surface area contributed by atoms with Crippen LogP contribution in [0.4, 0.5) is 75.5 Å². The van der Waals surface area contributed by atoms with Gasteiger partial charge in [0, 0.05) is 24.5 Å². The molecule has 0 spiro atoms. The van der Waals surface area contributed by atoms with Crippen LogP contribution in [0.2, 0.25) is 10.0 Å². The van der Waals surface area contributed by atoms with Crippen molar-refractivity contribution in [2.24, 2.45) is 0 Å². The SMILES string of the molecule is C=COC(=O)c1cc(C(=O)OC=C)cc(S(=O)(=O)[O-])c1.CC(=O)c1ccc(S(=O)(=O)[O-])cc1.FC(F)(F)c1cccc([S+](c2ccc(Cl)cc2)c2ccc(Cl)cc2)c1.O=C(O)c1cccc(S(=O)(=O)[O-])c1.O=C(O)c1ccccc1S(=O)(=O)[O-].O=S(=O)([O-])c1ccccc1.[B]c1c(F)c(F)c(F)c(F)c1F.[B]c1cc(C(F)(F)F)cc(C(F)(F)F)c1.[F-].[F][Sb]([F])([F])([F])[F].[HH].[HH].[I-]. The maximum absolute atomic E-state index is 13.1. The van der Waals surface area contributed by atoms with Crippen molar-refractivity contribution in [3.63, 3.8) is 0 Å². The fourth-order valence-corrected chi connectivity index (χ4v) is 13.3. The molecule has 0 amide bonds. The number of Topliss-reactive ketones (excluding diaryl/α,β-unsaturated/α-hetero) is 1. The molecule has 129 heavy (non-hydrogen) atoms. The van der Waals surface area contributed by atoms with Crippen molar-refractivity contribution in [1.29, 1.82) is 0 Å². The van der Waals surface area contributed by atoms with Crippen LogP contribution < -0.4 is 39.6 Å². The van der Waals surface area contributed by atoms with Gasteiger partial charge in [-0.15, -0.1) is 0 Å². The Morgan fingerprint density at radius 2 is 0.760 bits per heavy atom. The summed E-state index contributed by atoms with van der Waals surface area (Å²) in [6.07, 6.45) is -12.4. The molecule has 0 saturated heterocycles. The van der Waals surface area contributed by atoms with E-state index >= 15 is 0 Å². The molecule has 0 aliphatic heterocycles. The number of hydrogen-bond donors (Lipinski definition) is 2. The normalized spacial score (nSPS) is 11.5. The van der Waals surface area contributed by atoms with Gasteiger partial charge < -0.3 is 71.1 Å². The van der Waals surface area contributed by atoms with Crippen LogP contribution in [0.3, 0.4) is 0 Å². The molecule has 0 bridgehead atoms. The van der Waals surface area contributed by atoms with Gasteiger partial charge in [-0.2, -0.15) is 39.5 Å². The first kappa shape index (κ1) is 119. The molecule has 0 saturated carbocycles. The Morgan fingerprint density at radius 1 is 0.411 bits per heavy atom. The minimum Gasteiger partial charge on any atom is -1.00 e. The van der Waals surface area contributed by atoms with Gasteiger partial charge in [0.2, 0.25) is 0 Å². The summed E-state index contributed by atoms with van der Waals surface area (Å²) in [5, 5.41) is 18.2. The molecule has 700 valence electrons. The van der Waals surface area contributed by atoms with E-state index in [-0.39, 0.29) is 69.9 Å². The van der Waals surface area contributed by atoms with Crippen LogP contribution in [0, 0.1) is 29.1 Å². The van der Waals surface area contributed by atoms with Crippen LogP contribution in [-0.4, -0.2) is 141 Å². The molecule has 0 atom stereocenters. The zero-order chi connectivity index (χ0) is 97.9. The van der Waals surface area contributed by atoms with E-state index in [0.717, 1.165) is 83.0 Å². The molecule has 0 fully saturated rings. The molecule has 0 aliphatic rings. The molecule has 10 aromatic rings. The van der Waals surface area contributed by atoms with Gasteiger partial charge in [0.1, 0.15) is 66.3 Å². The van der Waals surface area contributed by atoms with Crippen molar-refractivity contribution in [3.8, 4) is 0 Å². The first-order valence-electron chi connectivity index (χ1n) is 32.1. The number of carbonyl (C=O) groups excluding carboxylic acids is 3. The standard InChI is InChI=1S/C19H12Cl2F3S.C12H10O7S.C8H3BF6.C8H8O4S.2C7H6O5S.C6BF5.C6H6O3S.6FH.HI.Sb.2H2/c20-14-4-8-16(9-5-14)25(17-10-6-15(21)7-11-17)18-3-1-2-13(12-18)19(22,23)24;1-3-18-11(13)8-5-9(12(14)19-4-2)7-10(6-8)20(15,16)17;9-6-2-4(7(10,11)12)1-5(3-6)8(13,14)15;1-6(9)7-2-4-8(5-3-7)13(10,11)12;8-7(9)5-2-1-3-6(4-5)13(10,11)12;8-7(9)5-3-1-2-4-6(5)13(10,11)12;7-1-2(8)4(10)6(12)5(11)3(1)9;7-10(8,9)6-4-2-1-3-5-6;;;;;;;;;;/h1-12H;3-7H,1-2H2,(H,15,16,17);1-3H;2-5H,1H3,(H,10,11,12);2*1-4H,(H,8,9)(H,10,11,12);;1-5H,(H,7,8,9);7*1H;;2*1H/q+1;;;;;;;;;;;;;;;+5;;/p-12. The Labute approximate surface area is 757 Å². The number of aromatic carboxylic acids is 2. The second-order valence-electron chi connectivity index (χ2n) is 22.9. The number of ether oxygens (including phenoxy) is 2. The van der Waals surface area contributed by atoms with Gasteiger partial charge in [-0.05, 0) is 152 Å². The van der Waals surface area contributed by atoms with E-state index in [4.69, 9.17) is 41.3 Å². The number of carboxylic acids is 2. The van der Waals surface area contributed by atoms with Crippen molar-refractivity contribution in [1.82, 2.24) is 0 Å². The molecule has 2 N–H and O–H groups in total. The fourth-order valence-electron chi connectivity index (χ4n) is 8.31. The zero-order valence-corrected chi connectivity index (χ0v) is 74.0. The molecule has 4 radical (unpaired) electrons. The maximum atomic E-state index is 13.1. The average molecular weight is 2220 g/mol. The zero-order valence-electron chi connectivity index (χ0n) is 62.9. The summed E-state index contributed by atoms with van der Waals surface area (Å²) in [4.78, 5) is 54.5. The first-order valence-corrected chi connectivity index (χ1v) is 45.9. The largest absolute Gasteiger partial charge is 1.00 e. The summed E-state index contributed by atoms with van der Waals surface area (Å²) in [6.45, 7) is 7.67. The van der Waals surface area contributed by atoms with E-state index in [1.54, 1.807) is 36.4 Å². The fraction of sp³-hybridized carbons (Fsp3) is 0.0548. The van der Waals surface area contributed by atoms with Crippen molar-refractivity contribution in [3.05, 3.63) is 322 Å². The first-order chi connectivity index (χ1) is 57.8. The van der Waals surface area contributed by atoms with Crippen LogP contribution in [-0.2, 0) is 89.5 Å². The molecular weight excluding hydrogens is 2170 g/mol. The molecule has 56 heteroatoms. The Hall–Kier alpha value is -10.0. The number of halogens is 23. The third-order valence-corrected chi connectivity index (χ3v) is 20.7. The third kappa shape index (κ3) is 42.6. The maximum Gasteiger partial charge on any atom is 0 e. The predicted molar refractivity (Wildman–Crippen MR) is 413 cm³/mol. The van der Waals surface area contributed by atoms with Gasteiger partial charge in [-0.3, -0.25) is 4.79 Å². The van der Waals surface area contributed by atoms with Crippen LogP contribution in [0.25, 0.3) is 0 Å². The van der Waals surface area contributed by atoms with E-state index in [9.17, 15) is 164 Å². The summed E-state index contributed by atoms with van der Waals surface area (Å²) in [7, 11) is -14.0. The minimum atomic E-state index is -9.19. The number of ketones is 1. The summed E-state index contributed by atoms with van der Waals surface area (Å²) >= 11 is 2.71. The summed E-state index contributed by atoms with van der Waals surface area (Å²) in [5.74, 6) is -15.1. The smallest absolute Gasteiger partial charge is 0 e. The number of hydrogen-bond acceptors (Lipinski definition) is 22. The van der Waals surface area contributed by atoms with Gasteiger partial charge >= 0.3 is 76.8 Å². The number of esters is 2. The number of benzene rings is 10. The molecular formula is C73H50B2Cl2F20IO24S6Sb-6. The van der Waals surface area contributed by atoms with Crippen LogP contribution >= 0.6 is 23.2 Å². The summed E-state index contributed by atoms with van der Waals surface area (Å²) in [6, 6.07) is 44.2. The second kappa shape index (κ2) is 49.8. The topological polar surface area (TPSA) is 430 Å². The van der Waals surface area contributed by atoms with Crippen molar-refractivity contribution >= 4 is 161 Å². The molecule has 0 aliphatic carbocycles. The quantitative estimate of drug-likeness (QED) is 0.00920. The number of rotatable bonds is 15. The summed E-state index contributed by atoms with van der Waals surface area (Å²) in [5.41, 5.74) is -6.38. The van der Waals surface area contributed by atoms with Gasteiger partial charge in [0.15, 0.2) is 49.6 Å². The second-order valence-corrected chi connectivity index (χ2v) is 36.3. The van der Waals surface area contributed by atoms with Crippen molar-refractivity contribution in [2.45, 2.75) is 64.6 Å². The van der Waals surface area contributed by atoms with E-state index in [1.165, 1.54) is 79.7 Å². The summed E-state index contributed by atoms with van der Waals surface area (Å²) < 4.78 is 390. The molecule has 10 rings (SSSR count). The van der Waals surface area contributed by atoms with E-state index in [0.29, 0.717) is 32.6 Å². The van der Waals surface area contributed by atoms with Crippen LogP contribution in [0.5, 0.6) is 0 Å². The molecule has 24 nitrogen and oxygen atoms in total. The van der Waals surface area contributed by atoms with Gasteiger partial charge in [0.25, 0.3) is 0 Å². The monoisotopic (exact) mass is 2220 g/mol. The van der Waals surface area contributed by atoms with Crippen molar-refractivity contribution < 1.29 is 216 Å². The number of carbonyl (C=O) groups is 5. The Kier molecular flexibility index (Phi) is 46.0. The Bertz CT molecular complexity index is 6020. The number of carboxylic acid groups (broad SMARTS) is 2. The number of alkyl halides is 9. The third-order valence-electron chi connectivity index (χ3n) is 13.7. The molecule has 0 heterocycles.